The lowest BCUT2D eigenvalue weighted by atomic mass is 10.1. The third-order valence-corrected chi connectivity index (χ3v) is 3.54. The highest BCUT2D eigenvalue weighted by atomic mass is 16.5. The summed E-state index contributed by atoms with van der Waals surface area (Å²) in [5, 5.41) is 8.97. The van der Waals surface area contributed by atoms with Crippen molar-refractivity contribution in [2.45, 2.75) is 12.5 Å². The molecule has 1 aromatic rings. The maximum absolute atomic E-state index is 12.7. The molecule has 1 saturated heterocycles. The summed E-state index contributed by atoms with van der Waals surface area (Å²) < 4.78 is 15.6. The highest BCUT2D eigenvalue weighted by Gasteiger charge is 2.31. The van der Waals surface area contributed by atoms with Crippen LogP contribution in [-0.4, -0.2) is 61.9 Å². The van der Waals surface area contributed by atoms with E-state index >= 15 is 0 Å². The first-order chi connectivity index (χ1) is 10.6. The quantitative estimate of drug-likeness (QED) is 0.874. The fraction of sp³-hybridized carbons (Fsp3) is 0.467. The molecule has 1 unspecified atom stereocenters. The monoisotopic (exact) mass is 309 g/mol. The number of carbonyl (C=O) groups excluding carboxylic acids is 1. The summed E-state index contributed by atoms with van der Waals surface area (Å²) in [7, 11) is 3.00. The van der Waals surface area contributed by atoms with Crippen molar-refractivity contribution in [2.24, 2.45) is 0 Å². The van der Waals surface area contributed by atoms with E-state index in [0.717, 1.165) is 0 Å². The van der Waals surface area contributed by atoms with E-state index in [1.165, 1.54) is 19.1 Å². The number of nitrogens with zero attached hydrogens (tertiary/aromatic N) is 1. The Morgan fingerprint density at radius 2 is 2.14 bits per heavy atom. The predicted octanol–water partition coefficient (Wildman–Crippen LogP) is 1.02. The second-order valence-electron chi connectivity index (χ2n) is 4.89. The van der Waals surface area contributed by atoms with Crippen molar-refractivity contribution < 1.29 is 28.9 Å². The molecule has 0 bridgehead atoms. The Morgan fingerprint density at radius 3 is 2.77 bits per heavy atom. The van der Waals surface area contributed by atoms with Gasteiger partial charge < -0.3 is 24.2 Å². The number of hydrogen-bond acceptors (Lipinski definition) is 5. The van der Waals surface area contributed by atoms with Crippen molar-refractivity contribution in [3.8, 4) is 11.5 Å². The molecule has 2 rings (SSSR count). The van der Waals surface area contributed by atoms with E-state index in [1.54, 1.807) is 18.2 Å². The molecule has 0 spiro atoms. The second-order valence-corrected chi connectivity index (χ2v) is 4.89. The first-order valence-electron chi connectivity index (χ1n) is 6.89. The van der Waals surface area contributed by atoms with Crippen molar-refractivity contribution in [3.05, 3.63) is 23.8 Å². The van der Waals surface area contributed by atoms with Gasteiger partial charge >= 0.3 is 5.97 Å². The number of rotatable bonds is 5. The summed E-state index contributed by atoms with van der Waals surface area (Å²) in [4.78, 5) is 25.2. The molecule has 1 aliphatic heterocycles. The van der Waals surface area contributed by atoms with Crippen LogP contribution in [0.2, 0.25) is 0 Å². The van der Waals surface area contributed by atoms with Gasteiger partial charge in [0.25, 0.3) is 5.91 Å². The Labute approximate surface area is 128 Å². The summed E-state index contributed by atoms with van der Waals surface area (Å²) in [6.45, 7) is 0.961. The van der Waals surface area contributed by atoms with Gasteiger partial charge in [-0.05, 0) is 12.1 Å². The van der Waals surface area contributed by atoms with Crippen LogP contribution in [0.1, 0.15) is 16.8 Å². The van der Waals surface area contributed by atoms with Crippen LogP contribution in [0.25, 0.3) is 0 Å². The zero-order valence-corrected chi connectivity index (χ0v) is 12.6. The first kappa shape index (κ1) is 16.1. The van der Waals surface area contributed by atoms with Crippen molar-refractivity contribution in [2.75, 3.05) is 34.0 Å². The molecular formula is C15H19NO6. The Balaban J connectivity index is 2.26. The summed E-state index contributed by atoms with van der Waals surface area (Å²) in [6.07, 6.45) is -0.149. The highest BCUT2D eigenvalue weighted by molar-refractivity contribution is 5.97. The van der Waals surface area contributed by atoms with Crippen molar-refractivity contribution in [1.82, 2.24) is 4.90 Å². The Kier molecular flexibility index (Phi) is 5.21. The molecule has 7 nitrogen and oxygen atoms in total. The number of methoxy groups -OCH3 is 2. The standard InChI is InChI=1S/C15H19NO6/c1-20-11-3-4-12(13(8-11)21-2)15(19)16-5-6-22-9-10(16)7-14(17)18/h3-4,8,10H,5-7,9H2,1-2H3,(H,17,18). The molecule has 0 aliphatic carbocycles. The minimum Gasteiger partial charge on any atom is -0.497 e. The maximum Gasteiger partial charge on any atom is 0.305 e. The summed E-state index contributed by atoms with van der Waals surface area (Å²) >= 11 is 0. The van der Waals surface area contributed by atoms with Crippen LogP contribution in [0.5, 0.6) is 11.5 Å². The van der Waals surface area contributed by atoms with E-state index in [1.807, 2.05) is 0 Å². The molecule has 1 aromatic carbocycles. The molecule has 1 amide bonds. The molecule has 120 valence electrons. The van der Waals surface area contributed by atoms with Crippen LogP contribution in [0, 0.1) is 0 Å². The van der Waals surface area contributed by atoms with Crippen LogP contribution in [0.15, 0.2) is 18.2 Å². The molecule has 0 radical (unpaired) electrons. The van der Waals surface area contributed by atoms with Gasteiger partial charge in [-0.3, -0.25) is 9.59 Å². The van der Waals surface area contributed by atoms with Crippen LogP contribution >= 0.6 is 0 Å². The number of amides is 1. The van der Waals surface area contributed by atoms with Crippen LogP contribution in [-0.2, 0) is 9.53 Å². The minimum atomic E-state index is -0.963. The lowest BCUT2D eigenvalue weighted by Gasteiger charge is -2.35. The SMILES string of the molecule is COc1ccc(C(=O)N2CCOCC2CC(=O)O)c(OC)c1. The number of ether oxygens (including phenoxy) is 3. The van der Waals surface area contributed by atoms with E-state index < -0.39 is 12.0 Å². The van der Waals surface area contributed by atoms with E-state index in [9.17, 15) is 9.59 Å². The molecular weight excluding hydrogens is 290 g/mol. The normalized spacial score (nSPS) is 17.9. The zero-order chi connectivity index (χ0) is 16.1. The lowest BCUT2D eigenvalue weighted by molar-refractivity contribution is -0.139. The number of morpholine rings is 1. The number of carbonyl (C=O) groups is 2. The van der Waals surface area contributed by atoms with Gasteiger partial charge in [-0.15, -0.1) is 0 Å². The molecule has 1 aliphatic rings. The van der Waals surface area contributed by atoms with Crippen molar-refractivity contribution >= 4 is 11.9 Å². The molecule has 1 heterocycles. The van der Waals surface area contributed by atoms with Crippen LogP contribution in [0.3, 0.4) is 0 Å². The average Bonchev–Trinajstić information content (AvgIpc) is 2.53. The number of carboxylic acid groups (broad SMARTS) is 1. The van der Waals surface area contributed by atoms with Gasteiger partial charge in [-0.1, -0.05) is 0 Å². The first-order valence-corrected chi connectivity index (χ1v) is 6.89. The van der Waals surface area contributed by atoms with Crippen LogP contribution < -0.4 is 9.47 Å². The molecule has 1 N–H and O–H groups in total. The molecule has 1 fully saturated rings. The zero-order valence-electron chi connectivity index (χ0n) is 12.6. The Morgan fingerprint density at radius 1 is 1.36 bits per heavy atom. The van der Waals surface area contributed by atoms with Gasteiger partial charge in [0.15, 0.2) is 0 Å². The van der Waals surface area contributed by atoms with Gasteiger partial charge in [-0.2, -0.15) is 0 Å². The van der Waals surface area contributed by atoms with Gasteiger partial charge in [0.2, 0.25) is 0 Å². The number of aliphatic carboxylic acids is 1. The summed E-state index contributed by atoms with van der Waals surface area (Å²) in [6, 6.07) is 4.43. The number of hydrogen-bond donors (Lipinski definition) is 1. The number of benzene rings is 1. The lowest BCUT2D eigenvalue weighted by Crippen LogP contribution is -2.49. The van der Waals surface area contributed by atoms with Gasteiger partial charge in [0.05, 0.1) is 45.5 Å². The third-order valence-electron chi connectivity index (χ3n) is 3.54. The fourth-order valence-electron chi connectivity index (χ4n) is 2.42. The van der Waals surface area contributed by atoms with E-state index in [-0.39, 0.29) is 18.9 Å². The van der Waals surface area contributed by atoms with Gasteiger partial charge in [-0.25, -0.2) is 0 Å². The Hall–Kier alpha value is -2.28. The van der Waals surface area contributed by atoms with Crippen molar-refractivity contribution in [3.63, 3.8) is 0 Å². The van der Waals surface area contributed by atoms with Crippen LogP contribution in [0.4, 0.5) is 0 Å². The van der Waals surface area contributed by atoms with E-state index in [4.69, 9.17) is 19.3 Å². The molecule has 22 heavy (non-hydrogen) atoms. The van der Waals surface area contributed by atoms with Gasteiger partial charge in [0, 0.05) is 12.6 Å². The third kappa shape index (κ3) is 3.48. The topological polar surface area (TPSA) is 85.3 Å². The number of carboxylic acids is 1. The second kappa shape index (κ2) is 7.13. The molecule has 7 heteroatoms. The largest absolute Gasteiger partial charge is 0.497 e. The Bertz CT molecular complexity index is 559. The minimum absolute atomic E-state index is 0.149. The molecule has 0 aromatic heterocycles. The predicted molar refractivity (Wildman–Crippen MR) is 77.4 cm³/mol. The van der Waals surface area contributed by atoms with E-state index in [0.29, 0.717) is 30.2 Å². The summed E-state index contributed by atoms with van der Waals surface area (Å²) in [5.41, 5.74) is 0.376. The fourth-order valence-corrected chi connectivity index (χ4v) is 2.42. The van der Waals surface area contributed by atoms with E-state index in [2.05, 4.69) is 0 Å². The van der Waals surface area contributed by atoms with Gasteiger partial charge in [0.1, 0.15) is 11.5 Å². The van der Waals surface area contributed by atoms with Crippen molar-refractivity contribution in [1.29, 1.82) is 0 Å². The molecule has 1 atom stereocenters. The summed E-state index contributed by atoms with van der Waals surface area (Å²) in [5.74, 6) is -0.258. The highest BCUT2D eigenvalue weighted by Crippen LogP contribution is 2.27. The smallest absolute Gasteiger partial charge is 0.305 e. The maximum atomic E-state index is 12.7. The average molecular weight is 309 g/mol. The molecule has 0 saturated carbocycles.